The molecule has 0 aliphatic carbocycles. The normalized spacial score (nSPS) is 9.58. The number of aryl methyl sites for hydroxylation is 2. The first-order chi connectivity index (χ1) is 9.25. The Hall–Kier alpha value is -2.28. The Morgan fingerprint density at radius 1 is 0.632 bits per heavy atom. The Labute approximate surface area is 114 Å². The molecule has 19 heavy (non-hydrogen) atoms. The van der Waals surface area contributed by atoms with E-state index < -0.39 is 0 Å². The van der Waals surface area contributed by atoms with Gasteiger partial charge in [0.1, 0.15) is 0 Å². The minimum Gasteiger partial charge on any atom is -0.473 e. The summed E-state index contributed by atoms with van der Waals surface area (Å²) in [6.45, 7) is 4.28. The van der Waals surface area contributed by atoms with E-state index in [-0.39, 0.29) is 0 Å². The van der Waals surface area contributed by atoms with E-state index in [9.17, 15) is 0 Å². The van der Waals surface area contributed by atoms with Gasteiger partial charge in [0.05, 0.1) is 12.5 Å². The van der Waals surface area contributed by atoms with Gasteiger partial charge >= 0.3 is 0 Å². The van der Waals surface area contributed by atoms with Crippen LogP contribution in [0.2, 0.25) is 0 Å². The van der Waals surface area contributed by atoms with E-state index >= 15 is 0 Å². The van der Waals surface area contributed by atoms with Crippen molar-refractivity contribution in [1.82, 2.24) is 0 Å². The van der Waals surface area contributed by atoms with Crippen molar-refractivity contribution >= 4 is 0 Å². The van der Waals surface area contributed by atoms with Crippen molar-refractivity contribution < 1.29 is 4.42 Å². The summed E-state index contributed by atoms with van der Waals surface area (Å²) in [5.74, 6) is 0. The predicted octanol–water partition coefficient (Wildman–Crippen LogP) is 5.25. The van der Waals surface area contributed by atoms with Crippen molar-refractivity contribution in [1.29, 1.82) is 0 Å². The lowest BCUT2D eigenvalue weighted by molar-refractivity contribution is 0.567. The molecule has 0 radical (unpaired) electrons. The van der Waals surface area contributed by atoms with Gasteiger partial charge in [-0.1, -0.05) is 59.7 Å². The number of rotatable bonds is 1. The highest BCUT2D eigenvalue weighted by Crippen LogP contribution is 2.21. The first-order valence-electron chi connectivity index (χ1n) is 6.36. The van der Waals surface area contributed by atoms with Gasteiger partial charge < -0.3 is 4.42 Å². The summed E-state index contributed by atoms with van der Waals surface area (Å²) in [7, 11) is 0. The lowest BCUT2D eigenvalue weighted by Crippen LogP contribution is -1.81. The third-order valence-corrected chi connectivity index (χ3v) is 2.75. The molecule has 3 rings (SSSR count). The summed E-state index contributed by atoms with van der Waals surface area (Å²) < 4.78 is 4.58. The molecular formula is C18H18O. The van der Waals surface area contributed by atoms with Crippen LogP contribution in [-0.2, 0) is 0 Å². The molecule has 0 bridgehead atoms. The van der Waals surface area contributed by atoms with E-state index in [2.05, 4.69) is 60.7 Å². The Morgan fingerprint density at radius 3 is 1.68 bits per heavy atom. The van der Waals surface area contributed by atoms with Crippen LogP contribution in [0.1, 0.15) is 11.1 Å². The quantitative estimate of drug-likeness (QED) is 0.575. The second kappa shape index (κ2) is 6.60. The van der Waals surface area contributed by atoms with Gasteiger partial charge in [0, 0.05) is 0 Å². The van der Waals surface area contributed by atoms with E-state index in [0.717, 1.165) is 0 Å². The van der Waals surface area contributed by atoms with Crippen molar-refractivity contribution in [2.45, 2.75) is 13.8 Å². The number of hydrogen-bond acceptors (Lipinski definition) is 1. The topological polar surface area (TPSA) is 13.1 Å². The molecule has 0 unspecified atom stereocenters. The van der Waals surface area contributed by atoms with Crippen molar-refractivity contribution in [3.63, 3.8) is 0 Å². The van der Waals surface area contributed by atoms with Crippen molar-refractivity contribution in [2.24, 2.45) is 0 Å². The molecule has 0 saturated heterocycles. The first kappa shape index (κ1) is 13.2. The van der Waals surface area contributed by atoms with Crippen LogP contribution < -0.4 is 0 Å². The minimum atomic E-state index is 1.29. The van der Waals surface area contributed by atoms with Crippen LogP contribution in [0.15, 0.2) is 77.6 Å². The highest BCUT2D eigenvalue weighted by molar-refractivity contribution is 5.64. The SMILES string of the molecule is Cc1cc(C)cc(-c2ccccc2)c1.c1ccoc1. The molecule has 1 nitrogen and oxygen atoms in total. The van der Waals surface area contributed by atoms with Gasteiger partial charge in [0.15, 0.2) is 0 Å². The Balaban J connectivity index is 0.000000224. The molecule has 2 aromatic carbocycles. The summed E-state index contributed by atoms with van der Waals surface area (Å²) in [6.07, 6.45) is 3.25. The van der Waals surface area contributed by atoms with Crippen LogP contribution in [0.25, 0.3) is 11.1 Å². The zero-order chi connectivity index (χ0) is 13.5. The molecule has 1 heteroatoms. The van der Waals surface area contributed by atoms with Gasteiger partial charge in [-0.05, 0) is 37.1 Å². The fraction of sp³-hybridized carbons (Fsp3) is 0.111. The highest BCUT2D eigenvalue weighted by atomic mass is 16.3. The van der Waals surface area contributed by atoms with E-state index in [1.807, 2.05) is 18.2 Å². The number of benzene rings is 2. The summed E-state index contributed by atoms with van der Waals surface area (Å²) in [6, 6.07) is 20.8. The molecule has 0 aliphatic heterocycles. The average Bonchev–Trinajstić information content (AvgIpc) is 2.98. The second-order valence-electron chi connectivity index (χ2n) is 4.54. The zero-order valence-corrected chi connectivity index (χ0v) is 11.3. The van der Waals surface area contributed by atoms with Crippen LogP contribution in [0.3, 0.4) is 0 Å². The van der Waals surface area contributed by atoms with Crippen molar-refractivity contribution in [2.75, 3.05) is 0 Å². The van der Waals surface area contributed by atoms with Gasteiger partial charge in [0.2, 0.25) is 0 Å². The largest absolute Gasteiger partial charge is 0.473 e. The van der Waals surface area contributed by atoms with Crippen LogP contribution in [-0.4, -0.2) is 0 Å². The second-order valence-corrected chi connectivity index (χ2v) is 4.54. The molecule has 0 fully saturated rings. The Bertz CT molecular complexity index is 557. The Morgan fingerprint density at radius 2 is 1.21 bits per heavy atom. The molecule has 0 atom stereocenters. The zero-order valence-electron chi connectivity index (χ0n) is 11.3. The maximum Gasteiger partial charge on any atom is 0.0902 e. The average molecular weight is 250 g/mol. The maximum absolute atomic E-state index is 4.58. The molecule has 96 valence electrons. The van der Waals surface area contributed by atoms with Crippen molar-refractivity contribution in [3.05, 3.63) is 84.3 Å². The van der Waals surface area contributed by atoms with E-state index in [1.165, 1.54) is 22.3 Å². The first-order valence-corrected chi connectivity index (χ1v) is 6.36. The smallest absolute Gasteiger partial charge is 0.0902 e. The molecule has 1 heterocycles. The highest BCUT2D eigenvalue weighted by Gasteiger charge is 1.97. The fourth-order valence-corrected chi connectivity index (χ4v) is 2.00. The van der Waals surface area contributed by atoms with Gasteiger partial charge in [-0.2, -0.15) is 0 Å². The van der Waals surface area contributed by atoms with Gasteiger partial charge in [-0.25, -0.2) is 0 Å². The van der Waals surface area contributed by atoms with Crippen LogP contribution in [0, 0.1) is 13.8 Å². The van der Waals surface area contributed by atoms with Gasteiger partial charge in [-0.3, -0.25) is 0 Å². The van der Waals surface area contributed by atoms with Crippen LogP contribution >= 0.6 is 0 Å². The standard InChI is InChI=1S/C14H14.C4H4O/c1-11-8-12(2)10-14(9-11)13-6-4-3-5-7-13;1-2-4-5-3-1/h3-10H,1-2H3;1-4H. The third kappa shape index (κ3) is 4.14. The summed E-state index contributed by atoms with van der Waals surface area (Å²) in [4.78, 5) is 0. The molecule has 0 amide bonds. The monoisotopic (exact) mass is 250 g/mol. The summed E-state index contributed by atoms with van der Waals surface area (Å²) in [5.41, 5.74) is 5.25. The van der Waals surface area contributed by atoms with E-state index in [4.69, 9.17) is 0 Å². The number of hydrogen-bond donors (Lipinski definition) is 0. The maximum atomic E-state index is 4.58. The van der Waals surface area contributed by atoms with Gasteiger partial charge in [0.25, 0.3) is 0 Å². The molecule has 0 aliphatic rings. The molecule has 0 N–H and O–H groups in total. The van der Waals surface area contributed by atoms with Gasteiger partial charge in [-0.15, -0.1) is 0 Å². The summed E-state index contributed by atoms with van der Waals surface area (Å²) >= 11 is 0. The van der Waals surface area contributed by atoms with E-state index in [0.29, 0.717) is 0 Å². The van der Waals surface area contributed by atoms with Crippen LogP contribution in [0.4, 0.5) is 0 Å². The fourth-order valence-electron chi connectivity index (χ4n) is 2.00. The molecule has 0 spiro atoms. The predicted molar refractivity (Wildman–Crippen MR) is 80.1 cm³/mol. The number of furan rings is 1. The van der Waals surface area contributed by atoms with Crippen LogP contribution in [0.5, 0.6) is 0 Å². The third-order valence-electron chi connectivity index (χ3n) is 2.75. The summed E-state index contributed by atoms with van der Waals surface area (Å²) in [5, 5.41) is 0. The lowest BCUT2D eigenvalue weighted by Gasteiger charge is -2.04. The molecule has 3 aromatic rings. The van der Waals surface area contributed by atoms with Crippen molar-refractivity contribution in [3.8, 4) is 11.1 Å². The molecular weight excluding hydrogens is 232 g/mol. The Kier molecular flexibility index (Phi) is 4.57. The molecule has 1 aromatic heterocycles. The lowest BCUT2D eigenvalue weighted by atomic mass is 10.0. The van der Waals surface area contributed by atoms with E-state index in [1.54, 1.807) is 12.5 Å². The molecule has 0 saturated carbocycles. The minimum absolute atomic E-state index is 1.29.